The fourth-order valence-electron chi connectivity index (χ4n) is 3.38. The third-order valence-electron chi connectivity index (χ3n) is 5.28. The second-order valence-corrected chi connectivity index (χ2v) is 10.5. The maximum atomic E-state index is 13.0. The molecule has 0 unspecified atom stereocenters. The van der Waals surface area contributed by atoms with Crippen molar-refractivity contribution in [1.82, 2.24) is 10.4 Å². The zero-order chi connectivity index (χ0) is 26.5. The number of rotatable bonds is 8. The van der Waals surface area contributed by atoms with Crippen molar-refractivity contribution in [3.8, 4) is 11.5 Å². The molecule has 3 aromatic carbocycles. The molecule has 0 spiro atoms. The van der Waals surface area contributed by atoms with E-state index in [2.05, 4.69) is 5.43 Å². The summed E-state index contributed by atoms with van der Waals surface area (Å²) in [4.78, 5) is 25.9. The van der Waals surface area contributed by atoms with Crippen LogP contribution >= 0.6 is 47.2 Å². The number of carbonyl (C=O) groups is 2. The number of benzene rings is 3. The van der Waals surface area contributed by atoms with Crippen molar-refractivity contribution in [1.29, 1.82) is 0 Å². The summed E-state index contributed by atoms with van der Waals surface area (Å²) in [7, 11) is 0. The molecule has 0 radical (unpaired) electrons. The minimum Gasteiger partial charge on any atom is -0.490 e. The molecule has 0 aliphatic carbocycles. The maximum absolute atomic E-state index is 13.0. The Bertz CT molecular complexity index is 1390. The van der Waals surface area contributed by atoms with Gasteiger partial charge >= 0.3 is 0 Å². The number of halogens is 2. The standard InChI is InChI=1S/C27H22Cl2N2O4S2/c1-3-34-23-12-17(6-11-22(23)35-15-19-9-10-20(28)14-21(19)29)13-24-26(33)31(27(36)37-24)30-25(32)18-7-4-16(2)5-8-18/h4-14H,3,15H2,1-2H3,(H,30,32)/b24-13-. The minimum absolute atomic E-state index is 0.231. The van der Waals surface area contributed by atoms with Crippen LogP contribution in [-0.4, -0.2) is 27.8 Å². The summed E-state index contributed by atoms with van der Waals surface area (Å²) in [5, 5.41) is 2.15. The lowest BCUT2D eigenvalue weighted by Crippen LogP contribution is -2.44. The molecular formula is C27H22Cl2N2O4S2. The van der Waals surface area contributed by atoms with Crippen molar-refractivity contribution < 1.29 is 19.1 Å². The highest BCUT2D eigenvalue weighted by Crippen LogP contribution is 2.35. The first-order chi connectivity index (χ1) is 17.7. The Morgan fingerprint density at radius 3 is 2.51 bits per heavy atom. The van der Waals surface area contributed by atoms with E-state index < -0.39 is 11.8 Å². The number of thiocarbonyl (C=S) groups is 1. The molecule has 0 saturated carbocycles. The molecule has 0 aromatic heterocycles. The molecule has 4 rings (SSSR count). The summed E-state index contributed by atoms with van der Waals surface area (Å²) in [6.07, 6.45) is 1.69. The predicted octanol–water partition coefficient (Wildman–Crippen LogP) is 6.83. The van der Waals surface area contributed by atoms with E-state index in [1.54, 1.807) is 54.6 Å². The van der Waals surface area contributed by atoms with Crippen LogP contribution < -0.4 is 14.9 Å². The highest BCUT2D eigenvalue weighted by atomic mass is 35.5. The van der Waals surface area contributed by atoms with E-state index in [1.807, 2.05) is 26.0 Å². The van der Waals surface area contributed by atoms with Gasteiger partial charge in [-0.25, -0.2) is 0 Å². The first kappa shape index (κ1) is 27.0. The molecule has 3 aromatic rings. The zero-order valence-corrected chi connectivity index (χ0v) is 23.1. The Kier molecular flexibility index (Phi) is 8.76. The smallest absolute Gasteiger partial charge is 0.285 e. The molecule has 37 heavy (non-hydrogen) atoms. The van der Waals surface area contributed by atoms with Gasteiger partial charge in [-0.2, -0.15) is 5.01 Å². The van der Waals surface area contributed by atoms with Crippen molar-refractivity contribution >= 4 is 69.4 Å². The molecule has 1 fully saturated rings. The van der Waals surface area contributed by atoms with Crippen LogP contribution in [0.2, 0.25) is 10.0 Å². The fourth-order valence-corrected chi connectivity index (χ4v) is 5.03. The van der Waals surface area contributed by atoms with Gasteiger partial charge in [-0.1, -0.05) is 64.8 Å². The van der Waals surface area contributed by atoms with Crippen LogP contribution in [0.1, 0.15) is 34.0 Å². The van der Waals surface area contributed by atoms with Crippen molar-refractivity contribution in [3.05, 3.63) is 97.9 Å². The van der Waals surface area contributed by atoms with E-state index in [1.165, 1.54) is 0 Å². The highest BCUT2D eigenvalue weighted by Gasteiger charge is 2.33. The highest BCUT2D eigenvalue weighted by molar-refractivity contribution is 8.26. The number of aryl methyl sites for hydroxylation is 1. The zero-order valence-electron chi connectivity index (χ0n) is 19.9. The van der Waals surface area contributed by atoms with Crippen LogP contribution in [-0.2, 0) is 11.4 Å². The SMILES string of the molecule is CCOc1cc(/C=C2\SC(=S)N(NC(=O)c3ccc(C)cc3)C2=O)ccc1OCc1ccc(Cl)cc1Cl. The van der Waals surface area contributed by atoms with Gasteiger partial charge in [-0.05, 0) is 74.1 Å². The molecule has 190 valence electrons. The van der Waals surface area contributed by atoms with Crippen LogP contribution in [0.4, 0.5) is 0 Å². The fraction of sp³-hybridized carbons (Fsp3) is 0.148. The van der Waals surface area contributed by atoms with Gasteiger partial charge in [-0.3, -0.25) is 15.0 Å². The summed E-state index contributed by atoms with van der Waals surface area (Å²) in [5.74, 6) is 0.219. The number of nitrogens with zero attached hydrogens (tertiary/aromatic N) is 1. The Morgan fingerprint density at radius 2 is 1.81 bits per heavy atom. The number of carbonyl (C=O) groups excluding carboxylic acids is 2. The second-order valence-electron chi connectivity index (χ2n) is 7.99. The molecule has 1 aliphatic heterocycles. The normalized spacial score (nSPS) is 14.3. The number of ether oxygens (including phenoxy) is 2. The van der Waals surface area contributed by atoms with Gasteiger partial charge in [0, 0.05) is 21.2 Å². The number of amides is 2. The third-order valence-corrected chi connectivity index (χ3v) is 7.17. The molecule has 1 heterocycles. The summed E-state index contributed by atoms with van der Waals surface area (Å²) in [6.45, 7) is 4.46. The predicted molar refractivity (Wildman–Crippen MR) is 152 cm³/mol. The molecule has 1 saturated heterocycles. The third kappa shape index (κ3) is 6.64. The Hall–Kier alpha value is -3.04. The largest absolute Gasteiger partial charge is 0.490 e. The monoisotopic (exact) mass is 572 g/mol. The van der Waals surface area contributed by atoms with Crippen molar-refractivity contribution in [2.75, 3.05) is 6.61 Å². The lowest BCUT2D eigenvalue weighted by molar-refractivity contribution is -0.123. The van der Waals surface area contributed by atoms with Gasteiger partial charge in [0.2, 0.25) is 0 Å². The van der Waals surface area contributed by atoms with Crippen LogP contribution in [0.25, 0.3) is 6.08 Å². The van der Waals surface area contributed by atoms with E-state index in [0.29, 0.717) is 44.2 Å². The van der Waals surface area contributed by atoms with Gasteiger partial charge in [-0.15, -0.1) is 0 Å². The van der Waals surface area contributed by atoms with E-state index in [4.69, 9.17) is 44.9 Å². The van der Waals surface area contributed by atoms with E-state index >= 15 is 0 Å². The van der Waals surface area contributed by atoms with Crippen molar-refractivity contribution in [2.24, 2.45) is 0 Å². The van der Waals surface area contributed by atoms with Gasteiger partial charge in [0.05, 0.1) is 11.5 Å². The lowest BCUT2D eigenvalue weighted by atomic mass is 10.1. The maximum Gasteiger partial charge on any atom is 0.285 e. The Morgan fingerprint density at radius 1 is 1.05 bits per heavy atom. The lowest BCUT2D eigenvalue weighted by Gasteiger charge is -2.15. The summed E-state index contributed by atoms with van der Waals surface area (Å²) in [6, 6.07) is 17.6. The number of hydrazine groups is 1. The van der Waals surface area contributed by atoms with Crippen LogP contribution in [0.3, 0.4) is 0 Å². The number of nitrogens with one attached hydrogen (secondary N) is 1. The van der Waals surface area contributed by atoms with Crippen molar-refractivity contribution in [2.45, 2.75) is 20.5 Å². The van der Waals surface area contributed by atoms with Gasteiger partial charge in [0.1, 0.15) is 6.61 Å². The molecule has 6 nitrogen and oxygen atoms in total. The minimum atomic E-state index is -0.418. The second kappa shape index (κ2) is 12.0. The van der Waals surface area contributed by atoms with Gasteiger partial charge in [0.15, 0.2) is 15.8 Å². The number of hydrogen-bond donors (Lipinski definition) is 1. The first-order valence-corrected chi connectivity index (χ1v) is 13.2. The number of thioether (sulfide) groups is 1. The number of hydrogen-bond acceptors (Lipinski definition) is 6. The molecule has 0 bridgehead atoms. The molecule has 2 amide bonds. The summed E-state index contributed by atoms with van der Waals surface area (Å²) in [5.41, 5.74) is 5.55. The quantitative estimate of drug-likeness (QED) is 0.236. The summed E-state index contributed by atoms with van der Waals surface area (Å²) < 4.78 is 12.0. The van der Waals surface area contributed by atoms with E-state index in [0.717, 1.165) is 27.9 Å². The average Bonchev–Trinajstić information content (AvgIpc) is 3.12. The molecule has 10 heteroatoms. The van der Waals surface area contributed by atoms with Crippen molar-refractivity contribution in [3.63, 3.8) is 0 Å². The first-order valence-electron chi connectivity index (χ1n) is 11.2. The van der Waals surface area contributed by atoms with E-state index in [-0.39, 0.29) is 10.9 Å². The van der Waals surface area contributed by atoms with Gasteiger partial charge in [0.25, 0.3) is 11.8 Å². The Labute approximate surface area is 234 Å². The molecule has 1 N–H and O–H groups in total. The van der Waals surface area contributed by atoms with E-state index in [9.17, 15) is 9.59 Å². The average molecular weight is 574 g/mol. The van der Waals surface area contributed by atoms with Gasteiger partial charge < -0.3 is 9.47 Å². The Balaban J connectivity index is 1.49. The van der Waals surface area contributed by atoms with Crippen LogP contribution in [0.15, 0.2) is 65.6 Å². The molecule has 1 aliphatic rings. The molecular weight excluding hydrogens is 551 g/mol. The topological polar surface area (TPSA) is 67.9 Å². The summed E-state index contributed by atoms with van der Waals surface area (Å²) >= 11 is 18.7. The van der Waals surface area contributed by atoms with Crippen LogP contribution in [0, 0.1) is 6.92 Å². The van der Waals surface area contributed by atoms with Crippen LogP contribution in [0.5, 0.6) is 11.5 Å². The molecule has 0 atom stereocenters.